The van der Waals surface area contributed by atoms with Crippen LogP contribution in [-0.4, -0.2) is 22.5 Å². The number of rotatable bonds is 0. The van der Waals surface area contributed by atoms with Crippen LogP contribution >= 0.6 is 15.9 Å². The molecule has 0 atom stereocenters. The largest absolute Gasteiger partial charge is 0.381 e. The maximum Gasteiger partial charge on any atom is 0.161 e. The minimum absolute atomic E-state index is 0.0693. The van der Waals surface area contributed by atoms with E-state index in [2.05, 4.69) is 37.1 Å². The van der Waals surface area contributed by atoms with Crippen LogP contribution in [-0.2, 0) is 10.9 Å². The zero-order chi connectivity index (χ0) is 9.84. The molecule has 0 bridgehead atoms. The molecule has 0 saturated carbocycles. The predicted molar refractivity (Wildman–Crippen MR) is 60.2 cm³/mol. The summed E-state index contributed by atoms with van der Waals surface area (Å²) in [5, 5.41) is 3.00. The molecule has 1 aromatic rings. The second kappa shape index (κ2) is 4.49. The maximum atomic E-state index is 5.58. The van der Waals surface area contributed by atoms with Crippen LogP contribution in [0.5, 0.6) is 0 Å². The summed E-state index contributed by atoms with van der Waals surface area (Å²) in [6.07, 6.45) is 5.63. The lowest BCUT2D eigenvalue weighted by Crippen LogP contribution is -1.98. The molecule has 3 nitrogen and oxygen atoms in total. The van der Waals surface area contributed by atoms with Crippen LogP contribution in [0.1, 0.15) is 5.69 Å². The molecule has 0 amide bonds. The van der Waals surface area contributed by atoms with Gasteiger partial charge >= 0.3 is 0 Å². The molecule has 13 heavy (non-hydrogen) atoms. The molecule has 0 radical (unpaired) electrons. The van der Waals surface area contributed by atoms with Crippen molar-refractivity contribution in [3.8, 4) is 11.2 Å². The first kappa shape index (κ1) is 10.4. The summed E-state index contributed by atoms with van der Waals surface area (Å²) >= 11 is 3.21. The Labute approximate surface area is 88.6 Å². The van der Waals surface area contributed by atoms with Gasteiger partial charge in [-0.05, 0) is 15.9 Å². The summed E-state index contributed by atoms with van der Waals surface area (Å²) in [6.45, 7) is 0. The van der Waals surface area contributed by atoms with Crippen molar-refractivity contribution in [3.63, 3.8) is 0 Å². The first-order chi connectivity index (χ1) is 6.09. The Balaban J connectivity index is 3.02. The molecule has 0 aliphatic rings. The van der Waals surface area contributed by atoms with Gasteiger partial charge in [-0.1, -0.05) is 0 Å². The molecular weight excluding hydrogens is 250 g/mol. The third kappa shape index (κ3) is 3.25. The molecule has 5 heteroatoms. The van der Waals surface area contributed by atoms with Gasteiger partial charge in [0.15, 0.2) is 16.8 Å². The normalized spacial score (nSPS) is 9.54. The minimum Gasteiger partial charge on any atom is -0.381 e. The van der Waals surface area contributed by atoms with Crippen molar-refractivity contribution in [3.05, 3.63) is 16.5 Å². The monoisotopic (exact) mass is 258 g/mol. The van der Waals surface area contributed by atoms with Gasteiger partial charge in [-0.3, -0.25) is 0 Å². The molecule has 2 N–H and O–H groups in total. The lowest BCUT2D eigenvalue weighted by molar-refractivity contribution is 1.15. The number of hydrogen-bond donors (Lipinski definition) is 1. The molecule has 0 aliphatic carbocycles. The van der Waals surface area contributed by atoms with E-state index in [0.717, 1.165) is 0 Å². The molecule has 0 saturated heterocycles. The van der Waals surface area contributed by atoms with Crippen LogP contribution < -0.4 is 5.73 Å². The second-order valence-electron chi connectivity index (χ2n) is 2.47. The van der Waals surface area contributed by atoms with Gasteiger partial charge in [-0.2, -0.15) is 0 Å². The Morgan fingerprint density at radius 3 is 2.85 bits per heavy atom. The van der Waals surface area contributed by atoms with E-state index in [-0.39, 0.29) is 10.9 Å². The van der Waals surface area contributed by atoms with Gasteiger partial charge < -0.3 is 5.73 Å². The van der Waals surface area contributed by atoms with Crippen molar-refractivity contribution in [2.75, 3.05) is 18.2 Å². The molecule has 68 valence electrons. The van der Waals surface area contributed by atoms with Crippen molar-refractivity contribution in [2.24, 2.45) is 0 Å². The fourth-order valence-electron chi connectivity index (χ4n) is 0.619. The number of hydrogen-bond acceptors (Lipinski definition) is 3. The van der Waals surface area contributed by atoms with Gasteiger partial charge in [0, 0.05) is 5.92 Å². The highest BCUT2D eigenvalue weighted by atomic mass is 79.9. The van der Waals surface area contributed by atoms with Gasteiger partial charge in [-0.15, -0.1) is 0 Å². The lowest BCUT2D eigenvalue weighted by atomic mass is 10.4. The van der Waals surface area contributed by atoms with E-state index in [4.69, 9.17) is 5.73 Å². The van der Waals surface area contributed by atoms with E-state index < -0.39 is 0 Å². The Bertz CT molecular complexity index is 367. The lowest BCUT2D eigenvalue weighted by Gasteiger charge is -1.94. The van der Waals surface area contributed by atoms with E-state index in [1.165, 1.54) is 0 Å². The van der Waals surface area contributed by atoms with Crippen molar-refractivity contribution in [1.82, 2.24) is 9.97 Å². The Morgan fingerprint density at radius 1 is 1.54 bits per heavy atom. The third-order valence-corrected chi connectivity index (χ3v) is 2.04. The number of aromatic nitrogens is 2. The average Bonchev–Trinajstić information content (AvgIpc) is 2.06. The van der Waals surface area contributed by atoms with Gasteiger partial charge in [0.2, 0.25) is 0 Å². The van der Waals surface area contributed by atoms with E-state index in [1.54, 1.807) is 6.20 Å². The quantitative estimate of drug-likeness (QED) is 0.558. The zero-order valence-corrected chi connectivity index (χ0v) is 9.74. The van der Waals surface area contributed by atoms with Crippen molar-refractivity contribution in [2.45, 2.75) is 0 Å². The molecule has 0 spiro atoms. The molecular formula is C8H9BrN3S+. The summed E-state index contributed by atoms with van der Waals surface area (Å²) < 4.78 is 0.651. The summed E-state index contributed by atoms with van der Waals surface area (Å²) in [7, 11) is 0.0693. The minimum atomic E-state index is 0.0693. The van der Waals surface area contributed by atoms with Gasteiger partial charge in [0.25, 0.3) is 0 Å². The Kier molecular flexibility index (Phi) is 3.58. The van der Waals surface area contributed by atoms with Crippen LogP contribution in [0.25, 0.3) is 0 Å². The van der Waals surface area contributed by atoms with Crippen molar-refractivity contribution in [1.29, 1.82) is 0 Å². The molecule has 1 rings (SSSR count). The highest BCUT2D eigenvalue weighted by Crippen LogP contribution is 2.08. The summed E-state index contributed by atoms with van der Waals surface area (Å²) in [5.74, 6) is 3.26. The summed E-state index contributed by atoms with van der Waals surface area (Å²) in [4.78, 5) is 8.03. The maximum absolute atomic E-state index is 5.58. The molecule has 1 aromatic heterocycles. The fraction of sp³-hybridized carbons (Fsp3) is 0.250. The third-order valence-electron chi connectivity index (χ3n) is 1.14. The number of nitrogens with zero attached hydrogens (tertiary/aromatic N) is 2. The second-order valence-corrected chi connectivity index (χ2v) is 5.12. The Morgan fingerprint density at radius 2 is 2.23 bits per heavy atom. The van der Waals surface area contributed by atoms with Crippen LogP contribution in [0, 0.1) is 11.2 Å². The zero-order valence-electron chi connectivity index (χ0n) is 7.34. The fourth-order valence-corrected chi connectivity index (χ4v) is 1.20. The molecule has 1 heterocycles. The first-order valence-corrected chi connectivity index (χ1v) is 6.30. The number of anilines is 1. The number of nitrogen functional groups attached to an aromatic ring is 1. The van der Waals surface area contributed by atoms with Gasteiger partial charge in [0.05, 0.1) is 17.1 Å². The smallest absolute Gasteiger partial charge is 0.161 e. The van der Waals surface area contributed by atoms with Crippen LogP contribution in [0.2, 0.25) is 0 Å². The molecule has 0 aliphatic heterocycles. The highest BCUT2D eigenvalue weighted by molar-refractivity contribution is 9.10. The predicted octanol–water partition coefficient (Wildman–Crippen LogP) is 1.01. The first-order valence-electron chi connectivity index (χ1n) is 3.47. The van der Waals surface area contributed by atoms with Crippen LogP contribution in [0.3, 0.4) is 0 Å². The van der Waals surface area contributed by atoms with Crippen LogP contribution in [0.15, 0.2) is 10.8 Å². The number of nitrogens with two attached hydrogens (primary N) is 1. The van der Waals surface area contributed by atoms with Crippen molar-refractivity contribution >= 4 is 32.6 Å². The van der Waals surface area contributed by atoms with E-state index in [0.29, 0.717) is 16.1 Å². The summed E-state index contributed by atoms with van der Waals surface area (Å²) in [5.41, 5.74) is 6.12. The molecule has 0 fully saturated rings. The van der Waals surface area contributed by atoms with Gasteiger partial charge in [0.1, 0.15) is 17.1 Å². The average molecular weight is 259 g/mol. The molecule has 0 aromatic carbocycles. The van der Waals surface area contributed by atoms with Crippen LogP contribution in [0.4, 0.5) is 5.82 Å². The van der Waals surface area contributed by atoms with E-state index in [9.17, 15) is 0 Å². The SMILES string of the molecule is C[S+](C)C#Cc1nc(Br)cnc1N. The molecule has 0 unspecified atom stereocenters. The van der Waals surface area contributed by atoms with Gasteiger partial charge in [-0.25, -0.2) is 9.97 Å². The highest BCUT2D eigenvalue weighted by Gasteiger charge is 2.01. The number of halogens is 1. The van der Waals surface area contributed by atoms with Crippen molar-refractivity contribution < 1.29 is 0 Å². The Hall–Kier alpha value is -0.730. The topological polar surface area (TPSA) is 51.8 Å². The standard InChI is InChI=1S/C8H9BrN3S/c1-13(2)4-3-6-8(10)11-5-7(9)12-6/h5H,1-2H3,(H2,10,11)/q+1. The van der Waals surface area contributed by atoms with E-state index in [1.807, 2.05) is 12.5 Å². The summed E-state index contributed by atoms with van der Waals surface area (Å²) in [6, 6.07) is 0. The van der Waals surface area contributed by atoms with E-state index >= 15 is 0 Å².